The van der Waals surface area contributed by atoms with Gasteiger partial charge in [-0.3, -0.25) is 4.79 Å². The fourth-order valence-electron chi connectivity index (χ4n) is 2.83. The Hall–Kier alpha value is -3.09. The van der Waals surface area contributed by atoms with Gasteiger partial charge in [-0.05, 0) is 66.2 Å². The summed E-state index contributed by atoms with van der Waals surface area (Å²) in [6, 6.07) is 15.8. The minimum absolute atomic E-state index is 0.0129. The van der Waals surface area contributed by atoms with Crippen LogP contribution in [-0.2, 0) is 6.61 Å². The van der Waals surface area contributed by atoms with Crippen molar-refractivity contribution >= 4 is 35.1 Å². The van der Waals surface area contributed by atoms with Crippen LogP contribution in [0.1, 0.15) is 21.5 Å². The highest BCUT2D eigenvalue weighted by molar-refractivity contribution is 6.35. The lowest BCUT2D eigenvalue weighted by atomic mass is 10.1. The molecule has 0 N–H and O–H groups in total. The first kappa shape index (κ1) is 23.6. The van der Waals surface area contributed by atoms with Gasteiger partial charge in [-0.25, -0.2) is 0 Å². The fraction of sp³-hybridized carbons (Fsp3) is 0.125. The Morgan fingerprint density at radius 2 is 1.72 bits per heavy atom. The summed E-state index contributed by atoms with van der Waals surface area (Å²) < 4.78 is 39.9. The van der Waals surface area contributed by atoms with Crippen molar-refractivity contribution < 1.29 is 27.8 Å². The molecule has 0 aromatic heterocycles. The van der Waals surface area contributed by atoms with E-state index in [0.29, 0.717) is 27.1 Å². The topological polar surface area (TPSA) is 44.8 Å². The molecule has 4 nitrogen and oxygen atoms in total. The Morgan fingerprint density at radius 3 is 2.38 bits per heavy atom. The summed E-state index contributed by atoms with van der Waals surface area (Å²) >= 11 is 12.0. The highest BCUT2D eigenvalue weighted by Crippen LogP contribution is 2.29. The Morgan fingerprint density at radius 1 is 1.00 bits per heavy atom. The average Bonchev–Trinajstić information content (AvgIpc) is 2.77. The lowest BCUT2D eigenvalue weighted by Crippen LogP contribution is -2.02. The van der Waals surface area contributed by atoms with E-state index in [1.807, 2.05) is 6.07 Å². The number of rotatable bonds is 9. The smallest absolute Gasteiger partial charge is 0.387 e. The van der Waals surface area contributed by atoms with E-state index < -0.39 is 6.61 Å². The van der Waals surface area contributed by atoms with Crippen LogP contribution in [0.3, 0.4) is 0 Å². The summed E-state index contributed by atoms with van der Waals surface area (Å²) in [7, 11) is 1.55. The minimum Gasteiger partial charge on any atom is -0.496 e. The number of ether oxygens (including phenoxy) is 3. The second kappa shape index (κ2) is 11.0. The zero-order valence-corrected chi connectivity index (χ0v) is 18.4. The fourth-order valence-corrected chi connectivity index (χ4v) is 3.29. The number of benzene rings is 3. The van der Waals surface area contributed by atoms with Gasteiger partial charge in [-0.2, -0.15) is 8.78 Å². The van der Waals surface area contributed by atoms with Gasteiger partial charge >= 0.3 is 6.61 Å². The first-order valence-corrected chi connectivity index (χ1v) is 10.1. The van der Waals surface area contributed by atoms with Gasteiger partial charge in [0.25, 0.3) is 0 Å². The van der Waals surface area contributed by atoms with Gasteiger partial charge in [-0.15, -0.1) is 0 Å². The second-order valence-electron chi connectivity index (χ2n) is 6.54. The van der Waals surface area contributed by atoms with Crippen LogP contribution >= 0.6 is 23.2 Å². The zero-order valence-electron chi connectivity index (χ0n) is 16.9. The van der Waals surface area contributed by atoms with Gasteiger partial charge in [-0.1, -0.05) is 35.3 Å². The van der Waals surface area contributed by atoms with Gasteiger partial charge in [0.05, 0.1) is 12.1 Å². The molecule has 0 aliphatic carbocycles. The number of halogens is 4. The summed E-state index contributed by atoms with van der Waals surface area (Å²) in [6.45, 7) is -2.73. The molecule has 166 valence electrons. The van der Waals surface area contributed by atoms with E-state index in [9.17, 15) is 13.6 Å². The van der Waals surface area contributed by atoms with E-state index in [-0.39, 0.29) is 18.1 Å². The number of ketones is 1. The van der Waals surface area contributed by atoms with E-state index in [4.69, 9.17) is 32.7 Å². The first-order valence-electron chi connectivity index (χ1n) is 9.38. The van der Waals surface area contributed by atoms with Gasteiger partial charge in [0, 0.05) is 16.1 Å². The molecular weight excluding hydrogens is 461 g/mol. The predicted octanol–water partition coefficient (Wildman–Crippen LogP) is 7.08. The maximum Gasteiger partial charge on any atom is 0.387 e. The maximum atomic E-state index is 12.4. The molecule has 0 aliphatic heterocycles. The zero-order chi connectivity index (χ0) is 23.1. The van der Waals surface area contributed by atoms with Crippen molar-refractivity contribution in [1.29, 1.82) is 0 Å². The number of carbonyl (C=O) groups excluding carboxylic acids is 1. The molecule has 3 aromatic carbocycles. The lowest BCUT2D eigenvalue weighted by molar-refractivity contribution is -0.0498. The molecule has 0 bridgehead atoms. The predicted molar refractivity (Wildman–Crippen MR) is 120 cm³/mol. The van der Waals surface area contributed by atoms with Crippen molar-refractivity contribution in [3.63, 3.8) is 0 Å². The number of carbonyl (C=O) groups is 1. The van der Waals surface area contributed by atoms with Crippen LogP contribution < -0.4 is 14.2 Å². The Bertz CT molecular complexity index is 1120. The summed E-state index contributed by atoms with van der Waals surface area (Å²) in [5.74, 6) is 0.804. The number of allylic oxidation sites excluding steroid dienone is 1. The van der Waals surface area contributed by atoms with Crippen LogP contribution in [-0.4, -0.2) is 19.5 Å². The van der Waals surface area contributed by atoms with E-state index in [1.54, 1.807) is 43.5 Å². The Labute approximate surface area is 193 Å². The minimum atomic E-state index is -2.92. The van der Waals surface area contributed by atoms with Crippen molar-refractivity contribution in [3.8, 4) is 17.2 Å². The molecule has 0 saturated carbocycles. The SMILES string of the molecule is COc1ccc(/C=C/C(=O)c2ccc(OC(F)F)cc2)cc1COc1ccc(Cl)cc1Cl. The third-order valence-corrected chi connectivity index (χ3v) is 4.90. The van der Waals surface area contributed by atoms with Gasteiger partial charge < -0.3 is 14.2 Å². The third-order valence-electron chi connectivity index (χ3n) is 4.37. The van der Waals surface area contributed by atoms with Crippen LogP contribution in [0.5, 0.6) is 17.2 Å². The third kappa shape index (κ3) is 6.45. The van der Waals surface area contributed by atoms with E-state index in [2.05, 4.69) is 4.74 Å². The Kier molecular flexibility index (Phi) is 8.09. The molecule has 0 radical (unpaired) electrons. The van der Waals surface area contributed by atoms with E-state index in [0.717, 1.165) is 11.1 Å². The van der Waals surface area contributed by atoms with Gasteiger partial charge in [0.15, 0.2) is 5.78 Å². The number of alkyl halides is 2. The lowest BCUT2D eigenvalue weighted by Gasteiger charge is -2.12. The molecule has 0 saturated heterocycles. The molecule has 3 aromatic rings. The summed E-state index contributed by atoms with van der Waals surface area (Å²) in [5.41, 5.74) is 1.84. The van der Waals surface area contributed by atoms with Crippen molar-refractivity contribution in [2.45, 2.75) is 13.2 Å². The van der Waals surface area contributed by atoms with Crippen LogP contribution in [0.2, 0.25) is 10.0 Å². The first-order chi connectivity index (χ1) is 15.4. The van der Waals surface area contributed by atoms with Crippen LogP contribution in [0, 0.1) is 0 Å². The molecule has 0 amide bonds. The molecule has 0 heterocycles. The largest absolute Gasteiger partial charge is 0.496 e. The van der Waals surface area contributed by atoms with Crippen molar-refractivity contribution in [1.82, 2.24) is 0 Å². The van der Waals surface area contributed by atoms with E-state index in [1.165, 1.54) is 30.3 Å². The highest BCUT2D eigenvalue weighted by atomic mass is 35.5. The molecule has 32 heavy (non-hydrogen) atoms. The van der Waals surface area contributed by atoms with Crippen LogP contribution in [0.15, 0.2) is 66.7 Å². The number of hydrogen-bond donors (Lipinski definition) is 0. The summed E-state index contributed by atoms with van der Waals surface area (Å²) in [6.07, 6.45) is 3.04. The van der Waals surface area contributed by atoms with Gasteiger partial charge in [0.2, 0.25) is 0 Å². The highest BCUT2D eigenvalue weighted by Gasteiger charge is 2.09. The monoisotopic (exact) mass is 478 g/mol. The number of methoxy groups -OCH3 is 1. The standard InChI is InChI=1S/C24H18Cl2F2O4/c1-30-22-10-3-15(12-17(22)14-31-23-11-6-18(25)13-20(23)26)2-9-21(29)16-4-7-19(8-5-16)32-24(27)28/h2-13,24H,14H2,1H3/b9-2+. The Balaban J connectivity index is 1.71. The van der Waals surface area contributed by atoms with Crippen LogP contribution in [0.4, 0.5) is 8.78 Å². The molecule has 0 aliphatic rings. The van der Waals surface area contributed by atoms with Crippen LogP contribution in [0.25, 0.3) is 6.08 Å². The molecule has 3 rings (SSSR count). The average molecular weight is 479 g/mol. The molecular formula is C24H18Cl2F2O4. The van der Waals surface area contributed by atoms with E-state index >= 15 is 0 Å². The number of hydrogen-bond acceptors (Lipinski definition) is 4. The molecule has 0 fully saturated rings. The van der Waals surface area contributed by atoms with Crippen molar-refractivity contribution in [2.75, 3.05) is 7.11 Å². The molecule has 8 heteroatoms. The molecule has 0 spiro atoms. The summed E-state index contributed by atoms with van der Waals surface area (Å²) in [5, 5.41) is 0.899. The van der Waals surface area contributed by atoms with Gasteiger partial charge in [0.1, 0.15) is 23.9 Å². The quantitative estimate of drug-likeness (QED) is 0.243. The molecule has 0 atom stereocenters. The van der Waals surface area contributed by atoms with Crippen molar-refractivity contribution in [3.05, 3.63) is 93.5 Å². The normalized spacial score (nSPS) is 11.1. The summed E-state index contributed by atoms with van der Waals surface area (Å²) in [4.78, 5) is 12.4. The van der Waals surface area contributed by atoms with Crippen molar-refractivity contribution in [2.24, 2.45) is 0 Å². The maximum absolute atomic E-state index is 12.4. The molecule has 0 unspecified atom stereocenters. The second-order valence-corrected chi connectivity index (χ2v) is 7.38.